The van der Waals surface area contributed by atoms with Crippen molar-refractivity contribution in [1.29, 1.82) is 0 Å². The number of benzene rings is 8. The molecule has 0 fully saturated rings. The van der Waals surface area contributed by atoms with Gasteiger partial charge in [-0.2, -0.15) is 24.4 Å². The summed E-state index contributed by atoms with van der Waals surface area (Å²) in [5.74, 6) is 7.16. The lowest BCUT2D eigenvalue weighted by Crippen LogP contribution is -2.21. The molecule has 0 saturated carbocycles. The average molecular weight is 1900 g/mol. The molecule has 616 valence electrons. The summed E-state index contributed by atoms with van der Waals surface area (Å²) in [4.78, 5) is 34.0. The van der Waals surface area contributed by atoms with E-state index in [1.165, 1.54) is 93.4 Å². The summed E-state index contributed by atoms with van der Waals surface area (Å²) in [5, 5.41) is 31.4. The van der Waals surface area contributed by atoms with Crippen LogP contribution in [0.15, 0.2) is 147 Å². The van der Waals surface area contributed by atoms with Crippen LogP contribution in [0, 0.1) is 23.3 Å². The second-order valence-corrected chi connectivity index (χ2v) is 29.2. The standard InChI is InChI=1S/C20H22ClFN4O2.C20H21ClFN3O2S.C17H14BrClFN3O2.C15H11ClFN3O2.C3H9N.C3H8S.C2H4Br2/c1-3-6-23-7-8-28-19-10-14-17(11-18(19)27-2)24-12-25-20(14)26-13-4-5-16(22)15(21)9-13;1-3-7-28-8-6-27-19-10-14-17(11-18(19)26-2)23-12-24-20(14)25-13-4-5-16(22)15(21)9-13;1-24-15-8-14-11(7-16(15)25-5-4-18)17(22-9-21-14)23-10-2-3-13(20)12(19)6-10;1-22-14-6-12-9(5-13(14)21)15(19-7-18-12)20-8-2-3-11(17)10(16)4-8;2*1-2-3-4;3-1-2-4/h4-5,9-12,23H,3,6-8H2,1-2H3,(H,24,25,26);4-5,9-12H,3,6-8H2,1-2H3,(H,23,24,25);2-3,6-9H,4-5H2,1H3,(H,21,22,23);2-7,21H,1H3,(H,18,19,20);2-4H2,1H3;4H,2-3H2,1H3;1-2H2. The Morgan fingerprint density at radius 2 is 0.722 bits per heavy atom. The molecule has 8 N–H and O–H groups in total. The summed E-state index contributed by atoms with van der Waals surface area (Å²) in [6.45, 7) is 12.5. The van der Waals surface area contributed by atoms with E-state index in [9.17, 15) is 22.7 Å². The maximum atomic E-state index is 13.4. The fraction of sp³-hybridized carbons (Fsp3) is 0.300. The number of halogens is 11. The lowest BCUT2D eigenvalue weighted by molar-refractivity contribution is 0.293. The van der Waals surface area contributed by atoms with Gasteiger partial charge in [-0.15, -0.1) is 0 Å². The van der Waals surface area contributed by atoms with E-state index in [2.05, 4.69) is 155 Å². The van der Waals surface area contributed by atoms with E-state index in [1.54, 1.807) is 63.8 Å². The van der Waals surface area contributed by atoms with Crippen LogP contribution < -0.4 is 65.5 Å². The summed E-state index contributed by atoms with van der Waals surface area (Å²) in [7, 11) is 6.22. The second-order valence-electron chi connectivity index (χ2n) is 23.5. The highest BCUT2D eigenvalue weighted by Crippen LogP contribution is 2.40. The van der Waals surface area contributed by atoms with Gasteiger partial charge in [0.2, 0.25) is 0 Å². The topological polar surface area (TPSA) is 274 Å². The molecule has 8 aromatic carbocycles. The molecule has 0 aliphatic carbocycles. The maximum absolute atomic E-state index is 13.4. The number of fused-ring (bicyclic) bond motifs is 4. The van der Waals surface area contributed by atoms with E-state index in [-0.39, 0.29) is 25.8 Å². The van der Waals surface area contributed by atoms with E-state index < -0.39 is 23.3 Å². The Kier molecular flexibility index (Phi) is 43.5. The second kappa shape index (κ2) is 52.4. The zero-order chi connectivity index (χ0) is 83.6. The van der Waals surface area contributed by atoms with Crippen molar-refractivity contribution in [2.45, 2.75) is 53.4 Å². The van der Waals surface area contributed by atoms with Crippen LogP contribution in [0.1, 0.15) is 53.4 Å². The molecule has 0 amide bonds. The normalized spacial score (nSPS) is 10.4. The number of nitrogens with zero attached hydrogens (tertiary/aromatic N) is 8. The lowest BCUT2D eigenvalue weighted by atomic mass is 10.2. The third kappa shape index (κ3) is 30.6. The van der Waals surface area contributed by atoms with E-state index in [4.69, 9.17) is 85.3 Å². The van der Waals surface area contributed by atoms with Gasteiger partial charge in [0.1, 0.15) is 78.5 Å². The Labute approximate surface area is 721 Å². The van der Waals surface area contributed by atoms with Gasteiger partial charge in [-0.25, -0.2) is 57.4 Å². The highest BCUT2D eigenvalue weighted by Gasteiger charge is 2.18. The Bertz CT molecular complexity index is 4860. The molecule has 115 heavy (non-hydrogen) atoms. The molecule has 35 heteroatoms. The largest absolute Gasteiger partial charge is 0.504 e. The number of hydrogen-bond donors (Lipinski definition) is 8. The SMILES string of the molecule is BrCCBr.CCCN.CCCNCCOc1cc2c(Nc3ccc(F)c(Cl)c3)ncnc2cc1OC.CCCS.CCCSCCOc1cc2c(Nc3ccc(F)c(Cl)c3)ncnc2cc1OC.COc1cc2ncnc(Nc3ccc(F)c(Cl)c3)c2cc1O.COc1cc2ncnc(Nc3ccc(F)c(Cl)c3)c2cc1OCCBr. The van der Waals surface area contributed by atoms with Crippen LogP contribution in [0.25, 0.3) is 43.6 Å². The Balaban J connectivity index is 0.000000228. The first-order valence-electron chi connectivity index (χ1n) is 35.7. The van der Waals surface area contributed by atoms with Crippen LogP contribution in [-0.2, 0) is 0 Å². The van der Waals surface area contributed by atoms with Crippen LogP contribution >= 0.6 is 119 Å². The first-order chi connectivity index (χ1) is 55.7. The van der Waals surface area contributed by atoms with Gasteiger partial charge in [0.25, 0.3) is 0 Å². The molecule has 0 saturated heterocycles. The Morgan fingerprint density at radius 1 is 0.400 bits per heavy atom. The van der Waals surface area contributed by atoms with Crippen molar-refractivity contribution >= 4 is 208 Å². The van der Waals surface area contributed by atoms with Crippen LogP contribution in [0.4, 0.5) is 63.6 Å². The number of nitrogens with two attached hydrogens (primary N) is 1. The molecular formula is C80H89Br3Cl4F4N14O8S2. The van der Waals surface area contributed by atoms with Crippen LogP contribution in [0.3, 0.4) is 0 Å². The summed E-state index contributed by atoms with van der Waals surface area (Å²) < 4.78 is 92.1. The van der Waals surface area contributed by atoms with Crippen molar-refractivity contribution < 1.29 is 55.8 Å². The van der Waals surface area contributed by atoms with Crippen molar-refractivity contribution in [1.82, 2.24) is 45.2 Å². The first-order valence-corrected chi connectivity index (χ1v) is 42.4. The van der Waals surface area contributed by atoms with Crippen LogP contribution in [0.2, 0.25) is 20.1 Å². The van der Waals surface area contributed by atoms with Gasteiger partial charge < -0.3 is 70.6 Å². The molecule has 12 rings (SSSR count). The molecule has 12 aromatic rings. The third-order valence-corrected chi connectivity index (χ3v) is 20.1. The molecule has 22 nitrogen and oxygen atoms in total. The smallest absolute Gasteiger partial charge is 0.162 e. The summed E-state index contributed by atoms with van der Waals surface area (Å²) in [6.07, 6.45) is 10.2. The number of nitrogens with one attached hydrogen (secondary N) is 5. The van der Waals surface area contributed by atoms with Crippen LogP contribution in [0.5, 0.6) is 46.0 Å². The summed E-state index contributed by atoms with van der Waals surface area (Å²) in [5.41, 5.74) is 10.1. The quantitative estimate of drug-likeness (QED) is 0.00899. The van der Waals surface area contributed by atoms with E-state index in [0.717, 1.165) is 83.0 Å². The molecule has 4 heterocycles. The van der Waals surface area contributed by atoms with Crippen molar-refractivity contribution in [3.8, 4) is 46.0 Å². The molecule has 0 spiro atoms. The van der Waals surface area contributed by atoms with Gasteiger partial charge in [0, 0.05) is 96.8 Å². The highest BCUT2D eigenvalue weighted by molar-refractivity contribution is 9.12. The van der Waals surface area contributed by atoms with Crippen molar-refractivity contribution in [3.63, 3.8) is 0 Å². The summed E-state index contributed by atoms with van der Waals surface area (Å²) in [6, 6.07) is 31.4. The molecule has 0 aliphatic heterocycles. The molecule has 0 radical (unpaired) electrons. The van der Waals surface area contributed by atoms with Gasteiger partial charge >= 0.3 is 0 Å². The number of phenols is 1. The zero-order valence-corrected chi connectivity index (χ0v) is 73.6. The summed E-state index contributed by atoms with van der Waals surface area (Å²) >= 11 is 38.8. The van der Waals surface area contributed by atoms with Crippen LogP contribution in [-0.4, -0.2) is 146 Å². The predicted molar refractivity (Wildman–Crippen MR) is 477 cm³/mol. The number of aromatic hydroxyl groups is 1. The number of thioether (sulfide) groups is 1. The number of ether oxygens (including phenoxy) is 7. The number of alkyl halides is 3. The highest BCUT2D eigenvalue weighted by atomic mass is 79.9. The zero-order valence-electron chi connectivity index (χ0n) is 64.1. The number of anilines is 8. The third-order valence-electron chi connectivity index (χ3n) is 15.1. The van der Waals surface area contributed by atoms with Gasteiger partial charge in [-0.1, -0.05) is 122 Å². The van der Waals surface area contributed by atoms with Gasteiger partial charge in [0.05, 0.1) is 83.8 Å². The number of phenolic OH excluding ortho intramolecular Hbond substituents is 1. The average Bonchev–Trinajstić information content (AvgIpc) is 0.804. The monoisotopic (exact) mass is 1890 g/mol. The van der Waals surface area contributed by atoms with Gasteiger partial charge in [-0.05, 0) is 147 Å². The minimum absolute atomic E-state index is 0.00729. The van der Waals surface area contributed by atoms with E-state index >= 15 is 0 Å². The molecular weight excluding hydrogens is 1810 g/mol. The number of hydrogen-bond acceptors (Lipinski definition) is 24. The molecule has 0 bridgehead atoms. The van der Waals surface area contributed by atoms with E-state index in [1.807, 2.05) is 36.0 Å². The molecule has 4 aromatic heterocycles. The van der Waals surface area contributed by atoms with Crippen molar-refractivity contribution in [3.05, 3.63) is 190 Å². The number of aromatic nitrogens is 8. The van der Waals surface area contributed by atoms with Gasteiger partial charge in [-0.3, -0.25) is 0 Å². The lowest BCUT2D eigenvalue weighted by Gasteiger charge is -2.14. The number of rotatable bonds is 30. The molecule has 0 unspecified atom stereocenters. The first kappa shape index (κ1) is 95.5. The van der Waals surface area contributed by atoms with E-state index in [0.29, 0.717) is 139 Å². The minimum Gasteiger partial charge on any atom is -0.504 e. The Hall–Kier alpha value is -8.34. The number of thiol groups is 1. The fourth-order valence-electron chi connectivity index (χ4n) is 9.63. The molecule has 0 atom stereocenters. The predicted octanol–water partition coefficient (Wildman–Crippen LogP) is 22.5. The van der Waals surface area contributed by atoms with Gasteiger partial charge in [0.15, 0.2) is 46.0 Å². The maximum Gasteiger partial charge on any atom is 0.162 e. The molecule has 0 aliphatic rings. The fourth-order valence-corrected chi connectivity index (χ4v) is 11.2. The van der Waals surface area contributed by atoms with Crippen molar-refractivity contribution in [2.24, 2.45) is 5.73 Å². The minimum atomic E-state index is -0.498. The Morgan fingerprint density at radius 3 is 1.01 bits per heavy atom. The van der Waals surface area contributed by atoms with Crippen molar-refractivity contribution in [2.75, 3.05) is 122 Å². The number of methoxy groups -OCH3 is 4.